The van der Waals surface area contributed by atoms with Gasteiger partial charge in [0, 0.05) is 0 Å². The van der Waals surface area contributed by atoms with Crippen LogP contribution in [0.2, 0.25) is 0 Å². The molecule has 0 bridgehead atoms. The van der Waals surface area contributed by atoms with Crippen LogP contribution in [0, 0.1) is 11.3 Å². The van der Waals surface area contributed by atoms with Crippen LogP contribution in [0.1, 0.15) is 30.6 Å². The van der Waals surface area contributed by atoms with Gasteiger partial charge in [-0.15, -0.1) is 0 Å². The number of para-hydroxylation sites is 1. The maximum Gasteiger partial charge on any atom is 0.256 e. The quantitative estimate of drug-likeness (QED) is 0.691. The van der Waals surface area contributed by atoms with Crippen LogP contribution in [0.3, 0.4) is 0 Å². The van der Waals surface area contributed by atoms with Gasteiger partial charge in [0.25, 0.3) is 5.91 Å². The second-order valence-corrected chi connectivity index (χ2v) is 3.92. The summed E-state index contributed by atoms with van der Waals surface area (Å²) in [6, 6.07) is 6.08. The number of rotatable bonds is 3. The normalized spacial score (nSPS) is 13.5. The molecule has 0 aliphatic heterocycles. The molecule has 3 N–H and O–H groups in total. The van der Waals surface area contributed by atoms with Gasteiger partial charge in [-0.3, -0.25) is 4.79 Å². The predicted octanol–water partition coefficient (Wildman–Crippen LogP) is 1.52. The summed E-state index contributed by atoms with van der Waals surface area (Å²) in [4.78, 5) is 11.8. The molecule has 1 atom stereocenters. The minimum absolute atomic E-state index is 0.0556. The summed E-state index contributed by atoms with van der Waals surface area (Å²) in [7, 11) is 0. The largest absolute Gasteiger partial charge is 0.504 e. The average Bonchev–Trinajstić information content (AvgIpc) is 2.32. The summed E-state index contributed by atoms with van der Waals surface area (Å²) in [6.45, 7) is 3.36. The lowest BCUT2D eigenvalue weighted by Gasteiger charge is -2.21. The third kappa shape index (κ3) is 2.67. The van der Waals surface area contributed by atoms with Gasteiger partial charge in [0.15, 0.2) is 11.5 Å². The van der Waals surface area contributed by atoms with E-state index in [-0.39, 0.29) is 11.3 Å². The Balaban J connectivity index is 2.99. The molecule has 0 spiro atoms. The zero-order valence-electron chi connectivity index (χ0n) is 9.69. The van der Waals surface area contributed by atoms with Crippen LogP contribution in [0.15, 0.2) is 18.2 Å². The smallest absolute Gasteiger partial charge is 0.256 e. The standard InChI is InChI=1S/C12H14N2O3/c1-3-12(2,7-13)14-11(17)8-5-4-6-9(15)10(8)16/h4-6,15-16H,3H2,1-2H3,(H,14,17). The van der Waals surface area contributed by atoms with Gasteiger partial charge in [0.2, 0.25) is 0 Å². The minimum Gasteiger partial charge on any atom is -0.504 e. The SMILES string of the molecule is CCC(C)(C#N)NC(=O)c1cccc(O)c1O. The van der Waals surface area contributed by atoms with E-state index in [0.717, 1.165) is 0 Å². The minimum atomic E-state index is -0.991. The van der Waals surface area contributed by atoms with Crippen LogP contribution in [0.5, 0.6) is 11.5 Å². The Bertz CT molecular complexity index is 479. The maximum atomic E-state index is 11.8. The Morgan fingerprint density at radius 3 is 2.71 bits per heavy atom. The molecule has 90 valence electrons. The molecule has 17 heavy (non-hydrogen) atoms. The van der Waals surface area contributed by atoms with Gasteiger partial charge in [-0.1, -0.05) is 13.0 Å². The zero-order chi connectivity index (χ0) is 13.1. The van der Waals surface area contributed by atoms with Crippen molar-refractivity contribution in [3.63, 3.8) is 0 Å². The first-order valence-corrected chi connectivity index (χ1v) is 5.18. The van der Waals surface area contributed by atoms with E-state index in [1.165, 1.54) is 18.2 Å². The number of benzene rings is 1. The average molecular weight is 234 g/mol. The molecule has 1 aromatic carbocycles. The molecule has 0 saturated carbocycles. The second kappa shape index (κ2) is 4.74. The summed E-state index contributed by atoms with van der Waals surface area (Å²) in [5, 5.41) is 30.2. The summed E-state index contributed by atoms with van der Waals surface area (Å²) in [5.41, 5.74) is -1.05. The first-order chi connectivity index (χ1) is 7.93. The summed E-state index contributed by atoms with van der Waals surface area (Å²) < 4.78 is 0. The van der Waals surface area contributed by atoms with Crippen molar-refractivity contribution in [2.24, 2.45) is 0 Å². The lowest BCUT2D eigenvalue weighted by atomic mass is 10.0. The predicted molar refractivity (Wildman–Crippen MR) is 61.5 cm³/mol. The number of aromatic hydroxyl groups is 2. The monoisotopic (exact) mass is 234 g/mol. The van der Waals surface area contributed by atoms with Gasteiger partial charge in [0.05, 0.1) is 11.6 Å². The molecule has 0 radical (unpaired) electrons. The van der Waals surface area contributed by atoms with Crippen molar-refractivity contribution in [3.8, 4) is 17.6 Å². The fourth-order valence-electron chi connectivity index (χ4n) is 1.23. The van der Waals surface area contributed by atoms with E-state index in [1.807, 2.05) is 6.07 Å². The lowest BCUT2D eigenvalue weighted by molar-refractivity contribution is 0.0919. The van der Waals surface area contributed by atoms with Crippen molar-refractivity contribution in [1.82, 2.24) is 5.32 Å². The number of phenolic OH excluding ortho intramolecular Hbond substituents is 2. The van der Waals surface area contributed by atoms with Gasteiger partial charge in [0.1, 0.15) is 5.54 Å². The lowest BCUT2D eigenvalue weighted by Crippen LogP contribution is -2.44. The highest BCUT2D eigenvalue weighted by Crippen LogP contribution is 2.28. The Morgan fingerprint density at radius 2 is 2.18 bits per heavy atom. The van der Waals surface area contributed by atoms with Gasteiger partial charge in [-0.25, -0.2) is 0 Å². The number of hydrogen-bond donors (Lipinski definition) is 3. The molecule has 1 amide bonds. The van der Waals surface area contributed by atoms with Crippen molar-refractivity contribution in [3.05, 3.63) is 23.8 Å². The third-order valence-corrected chi connectivity index (χ3v) is 2.60. The first-order valence-electron chi connectivity index (χ1n) is 5.18. The van der Waals surface area contributed by atoms with Crippen LogP contribution in [-0.2, 0) is 0 Å². The van der Waals surface area contributed by atoms with Crippen molar-refractivity contribution < 1.29 is 15.0 Å². The second-order valence-electron chi connectivity index (χ2n) is 3.92. The summed E-state index contributed by atoms with van der Waals surface area (Å²) in [5.74, 6) is -1.45. The van der Waals surface area contributed by atoms with E-state index >= 15 is 0 Å². The molecule has 0 heterocycles. The van der Waals surface area contributed by atoms with Crippen LogP contribution in [-0.4, -0.2) is 21.7 Å². The van der Waals surface area contributed by atoms with Crippen LogP contribution in [0.4, 0.5) is 0 Å². The van der Waals surface area contributed by atoms with Gasteiger partial charge in [-0.2, -0.15) is 5.26 Å². The van der Waals surface area contributed by atoms with E-state index in [4.69, 9.17) is 5.26 Å². The van der Waals surface area contributed by atoms with E-state index in [9.17, 15) is 15.0 Å². The molecular formula is C12H14N2O3. The highest BCUT2D eigenvalue weighted by Gasteiger charge is 2.25. The van der Waals surface area contributed by atoms with Crippen molar-refractivity contribution >= 4 is 5.91 Å². The molecule has 0 fully saturated rings. The molecule has 0 aliphatic carbocycles. The Hall–Kier alpha value is -2.22. The van der Waals surface area contributed by atoms with Gasteiger partial charge >= 0.3 is 0 Å². The number of hydrogen-bond acceptors (Lipinski definition) is 4. The topological polar surface area (TPSA) is 93.4 Å². The van der Waals surface area contributed by atoms with E-state index < -0.39 is 17.2 Å². The van der Waals surface area contributed by atoms with Crippen LogP contribution >= 0.6 is 0 Å². The fourth-order valence-corrected chi connectivity index (χ4v) is 1.23. The molecule has 5 heteroatoms. The molecule has 5 nitrogen and oxygen atoms in total. The van der Waals surface area contributed by atoms with E-state index in [1.54, 1.807) is 13.8 Å². The number of amides is 1. The molecule has 1 aromatic rings. The van der Waals surface area contributed by atoms with E-state index in [0.29, 0.717) is 6.42 Å². The van der Waals surface area contributed by atoms with Crippen molar-refractivity contribution in [2.45, 2.75) is 25.8 Å². The zero-order valence-corrected chi connectivity index (χ0v) is 9.69. The van der Waals surface area contributed by atoms with Gasteiger partial charge in [-0.05, 0) is 25.5 Å². The fraction of sp³-hybridized carbons (Fsp3) is 0.333. The molecule has 0 aliphatic rings. The number of nitrogens with zero attached hydrogens (tertiary/aromatic N) is 1. The van der Waals surface area contributed by atoms with Gasteiger partial charge < -0.3 is 15.5 Å². The Labute approximate surface area is 99.3 Å². The Kier molecular flexibility index (Phi) is 3.59. The first kappa shape index (κ1) is 12.8. The third-order valence-electron chi connectivity index (χ3n) is 2.60. The van der Waals surface area contributed by atoms with Crippen LogP contribution < -0.4 is 5.32 Å². The molecule has 0 aromatic heterocycles. The van der Waals surface area contributed by atoms with Crippen LogP contribution in [0.25, 0.3) is 0 Å². The number of nitriles is 1. The summed E-state index contributed by atoms with van der Waals surface area (Å²) in [6.07, 6.45) is 0.439. The number of carbonyl (C=O) groups is 1. The Morgan fingerprint density at radius 1 is 1.53 bits per heavy atom. The molecule has 1 unspecified atom stereocenters. The van der Waals surface area contributed by atoms with E-state index in [2.05, 4.69) is 5.32 Å². The highest BCUT2D eigenvalue weighted by molar-refractivity contribution is 5.98. The van der Waals surface area contributed by atoms with Crippen molar-refractivity contribution in [2.75, 3.05) is 0 Å². The number of nitrogens with one attached hydrogen (secondary N) is 1. The molecule has 0 saturated heterocycles. The maximum absolute atomic E-state index is 11.8. The molecular weight excluding hydrogens is 220 g/mol. The summed E-state index contributed by atoms with van der Waals surface area (Å²) >= 11 is 0. The highest BCUT2D eigenvalue weighted by atomic mass is 16.3. The molecule has 1 rings (SSSR count). The number of phenols is 2. The van der Waals surface area contributed by atoms with Crippen molar-refractivity contribution in [1.29, 1.82) is 5.26 Å². The number of carbonyl (C=O) groups excluding carboxylic acids is 1.